The molecule has 0 unspecified atom stereocenters. The number of nitrogens with zero attached hydrogens (tertiary/aromatic N) is 1. The predicted molar refractivity (Wildman–Crippen MR) is 102 cm³/mol. The van der Waals surface area contributed by atoms with E-state index in [0.29, 0.717) is 5.13 Å². The van der Waals surface area contributed by atoms with E-state index in [-0.39, 0.29) is 5.78 Å². The molecule has 122 valence electrons. The fourth-order valence-electron chi connectivity index (χ4n) is 2.88. The van der Waals surface area contributed by atoms with E-state index in [2.05, 4.69) is 42.2 Å². The average molecular weight is 336 g/mol. The van der Waals surface area contributed by atoms with Gasteiger partial charge in [-0.15, -0.1) is 0 Å². The number of thiazole rings is 1. The second-order valence-electron chi connectivity index (χ2n) is 5.97. The van der Waals surface area contributed by atoms with Crippen molar-refractivity contribution in [2.45, 2.75) is 26.7 Å². The third-order valence-electron chi connectivity index (χ3n) is 4.01. The van der Waals surface area contributed by atoms with E-state index in [9.17, 15) is 4.79 Å². The van der Waals surface area contributed by atoms with Crippen LogP contribution in [0.2, 0.25) is 0 Å². The van der Waals surface area contributed by atoms with E-state index in [4.69, 9.17) is 5.73 Å². The second-order valence-corrected chi connectivity index (χ2v) is 7.00. The molecule has 0 fully saturated rings. The van der Waals surface area contributed by atoms with Crippen LogP contribution < -0.4 is 5.73 Å². The molecule has 3 aromatic rings. The minimum Gasteiger partial charge on any atom is -0.375 e. The number of ketones is 1. The van der Waals surface area contributed by atoms with E-state index < -0.39 is 0 Å². The van der Waals surface area contributed by atoms with Gasteiger partial charge in [-0.2, -0.15) is 0 Å². The van der Waals surface area contributed by atoms with Gasteiger partial charge in [0.15, 0.2) is 10.9 Å². The Morgan fingerprint density at radius 2 is 1.92 bits per heavy atom. The summed E-state index contributed by atoms with van der Waals surface area (Å²) in [7, 11) is 0. The van der Waals surface area contributed by atoms with E-state index >= 15 is 0 Å². The van der Waals surface area contributed by atoms with E-state index in [1.54, 1.807) is 6.92 Å². The first-order chi connectivity index (χ1) is 11.5. The van der Waals surface area contributed by atoms with Crippen LogP contribution in [0.5, 0.6) is 0 Å². The lowest BCUT2D eigenvalue weighted by Gasteiger charge is -2.07. The van der Waals surface area contributed by atoms with Crippen molar-refractivity contribution in [1.82, 2.24) is 4.98 Å². The summed E-state index contributed by atoms with van der Waals surface area (Å²) in [6.07, 6.45) is 3.86. The van der Waals surface area contributed by atoms with Crippen LogP contribution in [0.25, 0.3) is 10.2 Å². The van der Waals surface area contributed by atoms with Gasteiger partial charge in [0.2, 0.25) is 0 Å². The summed E-state index contributed by atoms with van der Waals surface area (Å²) in [5, 5.41) is 0.500. The highest BCUT2D eigenvalue weighted by atomic mass is 32.1. The number of hydrogen-bond acceptors (Lipinski definition) is 4. The lowest BCUT2D eigenvalue weighted by molar-refractivity contribution is 0.101. The molecule has 0 aliphatic carbocycles. The first-order valence-corrected chi connectivity index (χ1v) is 8.74. The molecule has 1 aromatic heterocycles. The number of nitrogens with two attached hydrogens (primary N) is 1. The molecule has 0 radical (unpaired) electrons. The van der Waals surface area contributed by atoms with Gasteiger partial charge >= 0.3 is 0 Å². The molecule has 0 amide bonds. The monoisotopic (exact) mass is 336 g/mol. The summed E-state index contributed by atoms with van der Waals surface area (Å²) >= 11 is 1.38. The zero-order valence-corrected chi connectivity index (χ0v) is 14.7. The van der Waals surface area contributed by atoms with Gasteiger partial charge in [0.25, 0.3) is 0 Å². The van der Waals surface area contributed by atoms with Gasteiger partial charge in [-0.05, 0) is 43.9 Å². The molecule has 0 spiro atoms. The highest BCUT2D eigenvalue weighted by molar-refractivity contribution is 7.22. The van der Waals surface area contributed by atoms with Crippen molar-refractivity contribution >= 4 is 32.5 Å². The molecule has 0 bridgehead atoms. The molecular weight excluding hydrogens is 316 g/mol. The first-order valence-electron chi connectivity index (χ1n) is 7.93. The van der Waals surface area contributed by atoms with E-state index in [0.717, 1.165) is 34.2 Å². The Morgan fingerprint density at radius 1 is 1.17 bits per heavy atom. The molecule has 3 rings (SSSR count). The number of fused-ring (bicyclic) bond motifs is 1. The van der Waals surface area contributed by atoms with Crippen LogP contribution in [0.15, 0.2) is 54.1 Å². The van der Waals surface area contributed by atoms with Gasteiger partial charge in [-0.25, -0.2) is 4.98 Å². The normalized spacial score (nSPS) is 11.8. The van der Waals surface area contributed by atoms with Gasteiger partial charge in [-0.3, -0.25) is 4.79 Å². The highest BCUT2D eigenvalue weighted by Gasteiger charge is 2.14. The number of benzene rings is 2. The van der Waals surface area contributed by atoms with Crippen LogP contribution >= 0.6 is 11.3 Å². The van der Waals surface area contributed by atoms with E-state index in [1.165, 1.54) is 22.5 Å². The van der Waals surface area contributed by atoms with Crippen LogP contribution in [0, 0.1) is 0 Å². The van der Waals surface area contributed by atoms with Crippen LogP contribution in [0.4, 0.5) is 5.13 Å². The Hall–Kier alpha value is -2.46. The van der Waals surface area contributed by atoms with Crippen molar-refractivity contribution in [3.8, 4) is 0 Å². The molecule has 2 aromatic carbocycles. The van der Waals surface area contributed by atoms with Gasteiger partial charge in [0.1, 0.15) is 0 Å². The number of nitrogen functional groups attached to an aromatic ring is 1. The number of allylic oxidation sites excluding steroid dienone is 2. The van der Waals surface area contributed by atoms with Gasteiger partial charge in [-0.1, -0.05) is 59.4 Å². The number of aromatic nitrogens is 1. The Balaban J connectivity index is 1.88. The van der Waals surface area contributed by atoms with E-state index in [1.807, 2.05) is 18.2 Å². The van der Waals surface area contributed by atoms with Crippen molar-refractivity contribution < 1.29 is 4.79 Å². The summed E-state index contributed by atoms with van der Waals surface area (Å²) in [6.45, 7) is 3.73. The molecule has 24 heavy (non-hydrogen) atoms. The van der Waals surface area contributed by atoms with Gasteiger partial charge < -0.3 is 5.73 Å². The van der Waals surface area contributed by atoms with Crippen molar-refractivity contribution in [1.29, 1.82) is 0 Å². The summed E-state index contributed by atoms with van der Waals surface area (Å²) in [4.78, 5) is 16.4. The largest absolute Gasteiger partial charge is 0.375 e. The van der Waals surface area contributed by atoms with Crippen molar-refractivity contribution in [2.24, 2.45) is 0 Å². The molecule has 1 heterocycles. The van der Waals surface area contributed by atoms with Gasteiger partial charge in [0, 0.05) is 5.56 Å². The van der Waals surface area contributed by atoms with Crippen LogP contribution in [0.3, 0.4) is 0 Å². The van der Waals surface area contributed by atoms with Crippen LogP contribution in [-0.2, 0) is 12.8 Å². The number of anilines is 1. The Morgan fingerprint density at radius 3 is 2.62 bits per heavy atom. The van der Waals surface area contributed by atoms with Crippen LogP contribution in [0.1, 0.15) is 35.3 Å². The predicted octanol–water partition coefficient (Wildman–Crippen LogP) is 4.81. The fourth-order valence-corrected chi connectivity index (χ4v) is 3.83. The lowest BCUT2D eigenvalue weighted by atomic mass is 9.98. The van der Waals surface area contributed by atoms with Gasteiger partial charge in [0.05, 0.1) is 10.2 Å². The maximum absolute atomic E-state index is 12.1. The summed E-state index contributed by atoms with van der Waals surface area (Å²) in [5.74, 6) is 0.0633. The standard InChI is InChI=1S/C20H20N2OS/c1-13(12-15-6-4-3-5-7-15)8-9-16-10-11-17-19(18(16)14(2)23)24-20(21)22-17/h3-8,10-11H,9,12H2,1-2H3,(H2,21,22)/b13-8+. The number of hydrogen-bond donors (Lipinski definition) is 1. The maximum Gasteiger partial charge on any atom is 0.181 e. The molecule has 0 aliphatic rings. The summed E-state index contributed by atoms with van der Waals surface area (Å²) in [6, 6.07) is 14.3. The summed E-state index contributed by atoms with van der Waals surface area (Å²) < 4.78 is 0.895. The minimum atomic E-state index is 0.0633. The fraction of sp³-hybridized carbons (Fsp3) is 0.200. The van der Waals surface area contributed by atoms with Crippen molar-refractivity contribution in [3.05, 3.63) is 70.8 Å². The molecule has 3 nitrogen and oxygen atoms in total. The first kappa shape index (κ1) is 16.4. The quantitative estimate of drug-likeness (QED) is 0.537. The molecule has 0 atom stereocenters. The minimum absolute atomic E-state index is 0.0633. The third kappa shape index (κ3) is 3.54. The Labute approximate surface area is 145 Å². The average Bonchev–Trinajstić information content (AvgIpc) is 2.93. The SMILES string of the molecule is CC(=O)c1c(C/C=C(\C)Cc2ccccc2)ccc2nc(N)sc12. The zero-order chi connectivity index (χ0) is 17.1. The molecular formula is C20H20N2OS. The number of Topliss-reactive ketones (excluding diaryl/α,β-unsaturated/α-hetero) is 1. The third-order valence-corrected chi connectivity index (χ3v) is 4.93. The smallest absolute Gasteiger partial charge is 0.181 e. The number of carbonyl (C=O) groups is 1. The molecule has 2 N–H and O–H groups in total. The molecule has 0 saturated carbocycles. The lowest BCUT2D eigenvalue weighted by Crippen LogP contribution is -2.00. The topological polar surface area (TPSA) is 56.0 Å². The van der Waals surface area contributed by atoms with Crippen molar-refractivity contribution in [2.75, 3.05) is 5.73 Å². The number of carbonyl (C=O) groups excluding carboxylic acids is 1. The number of rotatable bonds is 5. The molecule has 0 aliphatic heterocycles. The second kappa shape index (κ2) is 6.97. The maximum atomic E-state index is 12.1. The zero-order valence-electron chi connectivity index (χ0n) is 13.9. The Bertz CT molecular complexity index is 910. The van der Waals surface area contributed by atoms with Crippen molar-refractivity contribution in [3.63, 3.8) is 0 Å². The summed E-state index contributed by atoms with van der Waals surface area (Å²) in [5.41, 5.74) is 11.0. The Kier molecular flexibility index (Phi) is 4.76. The van der Waals surface area contributed by atoms with Crippen LogP contribution in [-0.4, -0.2) is 10.8 Å². The highest BCUT2D eigenvalue weighted by Crippen LogP contribution is 2.30. The molecule has 0 saturated heterocycles. The molecule has 4 heteroatoms.